The molecule has 0 aromatic carbocycles. The van der Waals surface area contributed by atoms with Gasteiger partial charge in [-0.25, -0.2) is 4.98 Å². The van der Waals surface area contributed by atoms with E-state index in [0.717, 1.165) is 31.2 Å². The maximum Gasteiger partial charge on any atom is 0.194 e. The van der Waals surface area contributed by atoms with E-state index in [1.165, 1.54) is 6.42 Å². The fraction of sp³-hybridized carbons (Fsp3) is 0.727. The number of rotatable bonds is 4. The van der Waals surface area contributed by atoms with E-state index in [9.17, 15) is 5.11 Å². The molecule has 4 heteroatoms. The van der Waals surface area contributed by atoms with Crippen LogP contribution in [0.15, 0.2) is 10.6 Å². The Balaban J connectivity index is 1.88. The highest BCUT2D eigenvalue weighted by atomic mass is 16.4. The average Bonchev–Trinajstić information content (AvgIpc) is 2.77. The van der Waals surface area contributed by atoms with Crippen LogP contribution in [-0.2, 0) is 12.8 Å². The maximum atomic E-state index is 9.20. The lowest BCUT2D eigenvalue weighted by atomic mass is 10.1. The lowest BCUT2D eigenvalue weighted by Crippen LogP contribution is -2.10. The van der Waals surface area contributed by atoms with Crippen LogP contribution in [0.4, 0.5) is 0 Å². The van der Waals surface area contributed by atoms with Crippen molar-refractivity contribution in [2.45, 2.75) is 32.3 Å². The Morgan fingerprint density at radius 1 is 1.73 bits per heavy atom. The Labute approximate surface area is 89.7 Å². The zero-order valence-electron chi connectivity index (χ0n) is 9.07. The molecule has 2 N–H and O–H groups in total. The molecule has 2 atom stereocenters. The lowest BCUT2D eigenvalue weighted by molar-refractivity contribution is 0.186. The predicted octanol–water partition coefficient (Wildman–Crippen LogP) is 0.750. The summed E-state index contributed by atoms with van der Waals surface area (Å²) in [5.74, 6) is 2.24. The number of hydrogen-bond acceptors (Lipinski definition) is 4. The molecule has 0 spiro atoms. The van der Waals surface area contributed by atoms with Crippen LogP contribution in [0.3, 0.4) is 0 Å². The zero-order valence-corrected chi connectivity index (χ0v) is 9.07. The van der Waals surface area contributed by atoms with E-state index < -0.39 is 0 Å². The second-order valence-corrected chi connectivity index (χ2v) is 4.34. The van der Waals surface area contributed by atoms with Gasteiger partial charge in [-0.2, -0.15) is 0 Å². The SMILES string of the molecule is CC(O)Cc1cnc(CC2CCNC2)o1. The molecule has 1 saturated heterocycles. The van der Waals surface area contributed by atoms with Gasteiger partial charge >= 0.3 is 0 Å². The first kappa shape index (κ1) is 10.6. The molecular weight excluding hydrogens is 192 g/mol. The summed E-state index contributed by atoms with van der Waals surface area (Å²) in [6.07, 6.45) is 4.03. The van der Waals surface area contributed by atoms with Gasteiger partial charge in [0, 0.05) is 12.8 Å². The maximum absolute atomic E-state index is 9.20. The first-order valence-electron chi connectivity index (χ1n) is 5.56. The van der Waals surface area contributed by atoms with Crippen molar-refractivity contribution in [2.75, 3.05) is 13.1 Å². The number of aromatic nitrogens is 1. The zero-order chi connectivity index (χ0) is 10.7. The summed E-state index contributed by atoms with van der Waals surface area (Å²) in [5.41, 5.74) is 0. The summed E-state index contributed by atoms with van der Waals surface area (Å²) in [6.45, 7) is 3.92. The van der Waals surface area contributed by atoms with Crippen LogP contribution in [0.1, 0.15) is 25.0 Å². The van der Waals surface area contributed by atoms with Crippen molar-refractivity contribution < 1.29 is 9.52 Å². The standard InChI is InChI=1S/C11H18N2O2/c1-8(14)4-10-7-13-11(15-10)5-9-2-3-12-6-9/h7-9,12,14H,2-6H2,1H3. The van der Waals surface area contributed by atoms with Crippen molar-refractivity contribution in [1.82, 2.24) is 10.3 Å². The number of nitrogens with zero attached hydrogens (tertiary/aromatic N) is 1. The summed E-state index contributed by atoms with van der Waals surface area (Å²) in [5, 5.41) is 12.5. The van der Waals surface area contributed by atoms with E-state index in [4.69, 9.17) is 4.42 Å². The van der Waals surface area contributed by atoms with Crippen molar-refractivity contribution in [3.63, 3.8) is 0 Å². The third-order valence-corrected chi connectivity index (χ3v) is 2.72. The minimum absolute atomic E-state index is 0.362. The summed E-state index contributed by atoms with van der Waals surface area (Å²) in [7, 11) is 0. The van der Waals surface area contributed by atoms with E-state index in [0.29, 0.717) is 12.3 Å². The van der Waals surface area contributed by atoms with E-state index in [1.54, 1.807) is 13.1 Å². The Morgan fingerprint density at radius 3 is 3.27 bits per heavy atom. The van der Waals surface area contributed by atoms with Crippen LogP contribution in [-0.4, -0.2) is 29.3 Å². The molecule has 1 fully saturated rings. The second kappa shape index (κ2) is 4.77. The van der Waals surface area contributed by atoms with Crippen LogP contribution in [0, 0.1) is 5.92 Å². The summed E-state index contributed by atoms with van der Waals surface area (Å²) < 4.78 is 5.56. The molecule has 1 aliphatic rings. The topological polar surface area (TPSA) is 58.3 Å². The molecular formula is C11H18N2O2. The highest BCUT2D eigenvalue weighted by molar-refractivity contribution is 4.97. The Morgan fingerprint density at radius 2 is 2.60 bits per heavy atom. The van der Waals surface area contributed by atoms with E-state index in [2.05, 4.69) is 10.3 Å². The molecule has 2 rings (SSSR count). The Kier molecular flexibility index (Phi) is 3.38. The third-order valence-electron chi connectivity index (χ3n) is 2.72. The summed E-state index contributed by atoms with van der Waals surface area (Å²) >= 11 is 0. The molecule has 15 heavy (non-hydrogen) atoms. The highest BCUT2D eigenvalue weighted by Crippen LogP contribution is 2.15. The van der Waals surface area contributed by atoms with Gasteiger partial charge in [-0.15, -0.1) is 0 Å². The molecule has 1 aromatic rings. The molecule has 0 radical (unpaired) electrons. The van der Waals surface area contributed by atoms with Gasteiger partial charge in [-0.1, -0.05) is 0 Å². The molecule has 0 saturated carbocycles. The molecule has 1 aromatic heterocycles. The molecule has 0 aliphatic carbocycles. The van der Waals surface area contributed by atoms with Gasteiger partial charge in [0.25, 0.3) is 0 Å². The van der Waals surface area contributed by atoms with E-state index >= 15 is 0 Å². The molecule has 2 heterocycles. The first-order chi connectivity index (χ1) is 7.24. The summed E-state index contributed by atoms with van der Waals surface area (Å²) in [4.78, 5) is 4.23. The molecule has 2 unspecified atom stereocenters. The van der Waals surface area contributed by atoms with Gasteiger partial charge in [-0.3, -0.25) is 0 Å². The molecule has 1 aliphatic heterocycles. The van der Waals surface area contributed by atoms with Crippen molar-refractivity contribution in [1.29, 1.82) is 0 Å². The quantitative estimate of drug-likeness (QED) is 0.770. The van der Waals surface area contributed by atoms with Crippen LogP contribution >= 0.6 is 0 Å². The van der Waals surface area contributed by atoms with Crippen molar-refractivity contribution in [3.8, 4) is 0 Å². The van der Waals surface area contributed by atoms with Gasteiger partial charge in [-0.05, 0) is 32.4 Å². The fourth-order valence-corrected chi connectivity index (χ4v) is 1.96. The van der Waals surface area contributed by atoms with Gasteiger partial charge in [0.15, 0.2) is 5.89 Å². The van der Waals surface area contributed by atoms with Gasteiger partial charge < -0.3 is 14.8 Å². The monoisotopic (exact) mass is 210 g/mol. The highest BCUT2D eigenvalue weighted by Gasteiger charge is 2.17. The van der Waals surface area contributed by atoms with Crippen LogP contribution < -0.4 is 5.32 Å². The smallest absolute Gasteiger partial charge is 0.194 e. The number of aliphatic hydroxyl groups excluding tert-OH is 1. The van der Waals surface area contributed by atoms with Gasteiger partial charge in [0.05, 0.1) is 12.3 Å². The van der Waals surface area contributed by atoms with Crippen molar-refractivity contribution >= 4 is 0 Å². The number of oxazole rings is 1. The van der Waals surface area contributed by atoms with Gasteiger partial charge in [0.2, 0.25) is 0 Å². The minimum atomic E-state index is -0.362. The van der Waals surface area contributed by atoms with Crippen LogP contribution in [0.5, 0.6) is 0 Å². The molecule has 0 bridgehead atoms. The Hall–Kier alpha value is -0.870. The second-order valence-electron chi connectivity index (χ2n) is 4.34. The average molecular weight is 210 g/mol. The predicted molar refractivity (Wildman–Crippen MR) is 56.6 cm³/mol. The van der Waals surface area contributed by atoms with Crippen LogP contribution in [0.2, 0.25) is 0 Å². The normalized spacial score (nSPS) is 23.2. The van der Waals surface area contributed by atoms with Crippen LogP contribution in [0.25, 0.3) is 0 Å². The van der Waals surface area contributed by atoms with Gasteiger partial charge in [0.1, 0.15) is 5.76 Å². The number of nitrogens with one attached hydrogen (secondary N) is 1. The lowest BCUT2D eigenvalue weighted by Gasteiger charge is -2.03. The number of aliphatic hydroxyl groups is 1. The summed E-state index contributed by atoms with van der Waals surface area (Å²) in [6, 6.07) is 0. The van der Waals surface area contributed by atoms with E-state index in [-0.39, 0.29) is 6.10 Å². The molecule has 0 amide bonds. The van der Waals surface area contributed by atoms with Crippen molar-refractivity contribution in [3.05, 3.63) is 17.8 Å². The molecule has 84 valence electrons. The minimum Gasteiger partial charge on any atom is -0.446 e. The molecule has 4 nitrogen and oxygen atoms in total. The first-order valence-corrected chi connectivity index (χ1v) is 5.56. The number of hydrogen-bond donors (Lipinski definition) is 2. The fourth-order valence-electron chi connectivity index (χ4n) is 1.96. The van der Waals surface area contributed by atoms with E-state index in [1.807, 2.05) is 0 Å². The third kappa shape index (κ3) is 3.04. The Bertz CT molecular complexity index is 303. The largest absolute Gasteiger partial charge is 0.446 e. The van der Waals surface area contributed by atoms with Crippen molar-refractivity contribution in [2.24, 2.45) is 5.92 Å².